The molecule has 0 radical (unpaired) electrons. The molecule has 4 heteroatoms. The van der Waals surface area contributed by atoms with Crippen LogP contribution < -0.4 is 17.2 Å². The lowest BCUT2D eigenvalue weighted by atomic mass is 9.78. The van der Waals surface area contributed by atoms with Gasteiger partial charge in [0.2, 0.25) is 0 Å². The van der Waals surface area contributed by atoms with Crippen molar-refractivity contribution in [2.75, 3.05) is 17.2 Å². The van der Waals surface area contributed by atoms with Gasteiger partial charge < -0.3 is 17.2 Å². The summed E-state index contributed by atoms with van der Waals surface area (Å²) in [5.41, 5.74) is 33.6. The summed E-state index contributed by atoms with van der Waals surface area (Å²) in [5.74, 6) is -0.158. The van der Waals surface area contributed by atoms with E-state index in [1.165, 1.54) is 22.3 Å². The standard InChI is InChI=1S/C39H56N4/c1-5-9-16-29-21-24-34(38(42)31(29)18-11-7-3)37(33-23-20-28(27-36(33)41)15-13-14-26-40)35-25-22-30(17-10-6-2)32(39(35)43)19-12-8-4/h20-25,27,37H,5-19,41-43H2,1-4H3. The predicted molar refractivity (Wildman–Crippen MR) is 187 cm³/mol. The Hall–Kier alpha value is -3.45. The Balaban J connectivity index is 2.26. The normalized spacial score (nSPS) is 11.3. The Morgan fingerprint density at radius 1 is 0.581 bits per heavy atom. The second-order valence-electron chi connectivity index (χ2n) is 12.2. The molecule has 0 amide bonds. The smallest absolute Gasteiger partial charge is 0.0621 e. The molecule has 0 aliphatic rings. The zero-order valence-electron chi connectivity index (χ0n) is 27.4. The minimum absolute atomic E-state index is 0.158. The van der Waals surface area contributed by atoms with Crippen molar-refractivity contribution in [1.29, 1.82) is 5.26 Å². The van der Waals surface area contributed by atoms with Crippen LogP contribution in [0.25, 0.3) is 0 Å². The van der Waals surface area contributed by atoms with Crippen molar-refractivity contribution in [1.82, 2.24) is 0 Å². The topological polar surface area (TPSA) is 102 Å². The van der Waals surface area contributed by atoms with Gasteiger partial charge in [0.25, 0.3) is 0 Å². The Labute approximate surface area is 262 Å². The van der Waals surface area contributed by atoms with Crippen LogP contribution in [0.1, 0.15) is 142 Å². The first kappa shape index (κ1) is 34.0. The van der Waals surface area contributed by atoms with Crippen LogP contribution in [0, 0.1) is 11.3 Å². The fourth-order valence-electron chi connectivity index (χ4n) is 6.38. The SMILES string of the molecule is CCCCc1ccc(C(c2ccc(CCCC#N)cc2N)c2ccc(CCCC)c(CCCC)c2N)c(N)c1CCCC. The highest BCUT2D eigenvalue weighted by Crippen LogP contribution is 2.44. The molecule has 0 aromatic heterocycles. The van der Waals surface area contributed by atoms with Gasteiger partial charge in [0, 0.05) is 29.4 Å². The molecule has 6 N–H and O–H groups in total. The molecule has 0 atom stereocenters. The third-order valence-electron chi connectivity index (χ3n) is 8.97. The van der Waals surface area contributed by atoms with Crippen molar-refractivity contribution in [2.24, 2.45) is 0 Å². The molecule has 3 aromatic carbocycles. The lowest BCUT2D eigenvalue weighted by Crippen LogP contribution is -2.15. The van der Waals surface area contributed by atoms with Crippen LogP contribution in [0.2, 0.25) is 0 Å². The average Bonchev–Trinajstić information content (AvgIpc) is 3.00. The van der Waals surface area contributed by atoms with Crippen LogP contribution in [0.3, 0.4) is 0 Å². The van der Waals surface area contributed by atoms with E-state index in [0.29, 0.717) is 6.42 Å². The molecule has 0 spiro atoms. The lowest BCUT2D eigenvalue weighted by Gasteiger charge is -2.28. The Bertz CT molecular complexity index is 1280. The molecule has 0 bridgehead atoms. The quantitative estimate of drug-likeness (QED) is 0.0791. The molecule has 0 saturated heterocycles. The summed E-state index contributed by atoms with van der Waals surface area (Å²) >= 11 is 0. The van der Waals surface area contributed by atoms with E-state index in [2.05, 4.69) is 76.2 Å². The summed E-state index contributed by atoms with van der Waals surface area (Å²) in [4.78, 5) is 0. The average molecular weight is 581 g/mol. The van der Waals surface area contributed by atoms with E-state index in [1.54, 1.807) is 0 Å². The fourth-order valence-corrected chi connectivity index (χ4v) is 6.38. The van der Waals surface area contributed by atoms with Crippen molar-refractivity contribution in [2.45, 2.75) is 130 Å². The van der Waals surface area contributed by atoms with E-state index in [9.17, 15) is 0 Å². The van der Waals surface area contributed by atoms with Gasteiger partial charge in [-0.2, -0.15) is 5.26 Å². The molecule has 0 unspecified atom stereocenters. The predicted octanol–water partition coefficient (Wildman–Crippen LogP) is 9.83. The first-order valence-electron chi connectivity index (χ1n) is 17.0. The number of nitrogen functional groups attached to an aromatic ring is 3. The van der Waals surface area contributed by atoms with Gasteiger partial charge in [-0.25, -0.2) is 0 Å². The monoisotopic (exact) mass is 580 g/mol. The van der Waals surface area contributed by atoms with Crippen molar-refractivity contribution in [3.63, 3.8) is 0 Å². The minimum atomic E-state index is -0.158. The highest BCUT2D eigenvalue weighted by Gasteiger charge is 2.27. The molecule has 0 aliphatic heterocycles. The highest BCUT2D eigenvalue weighted by molar-refractivity contribution is 5.71. The third kappa shape index (κ3) is 8.79. The number of aryl methyl sites for hydroxylation is 3. The maximum absolute atomic E-state index is 9.01. The zero-order chi connectivity index (χ0) is 31.2. The molecular weight excluding hydrogens is 524 g/mol. The zero-order valence-corrected chi connectivity index (χ0v) is 27.4. The van der Waals surface area contributed by atoms with Crippen LogP contribution in [0.5, 0.6) is 0 Å². The Morgan fingerprint density at radius 3 is 1.49 bits per heavy atom. The number of hydrogen-bond acceptors (Lipinski definition) is 4. The molecule has 43 heavy (non-hydrogen) atoms. The Kier molecular flexibility index (Phi) is 13.9. The van der Waals surface area contributed by atoms with Crippen LogP contribution in [-0.4, -0.2) is 0 Å². The van der Waals surface area contributed by atoms with Crippen LogP contribution in [0.4, 0.5) is 17.1 Å². The van der Waals surface area contributed by atoms with Crippen LogP contribution in [0.15, 0.2) is 42.5 Å². The van der Waals surface area contributed by atoms with Crippen molar-refractivity contribution < 1.29 is 0 Å². The first-order valence-corrected chi connectivity index (χ1v) is 17.0. The number of anilines is 3. The largest absolute Gasteiger partial charge is 0.398 e. The molecule has 3 rings (SSSR count). The highest BCUT2D eigenvalue weighted by atomic mass is 14.6. The van der Waals surface area contributed by atoms with Gasteiger partial charge in [-0.05, 0) is 115 Å². The second kappa shape index (κ2) is 17.6. The number of benzene rings is 3. The van der Waals surface area contributed by atoms with E-state index in [4.69, 9.17) is 22.5 Å². The van der Waals surface area contributed by atoms with Crippen LogP contribution >= 0.6 is 0 Å². The summed E-state index contributed by atoms with van der Waals surface area (Å²) in [7, 11) is 0. The van der Waals surface area contributed by atoms with Gasteiger partial charge in [-0.1, -0.05) is 89.8 Å². The molecular formula is C39H56N4. The first-order chi connectivity index (χ1) is 20.9. The summed E-state index contributed by atoms with van der Waals surface area (Å²) in [6.07, 6.45) is 15.5. The van der Waals surface area contributed by atoms with E-state index in [-0.39, 0.29) is 5.92 Å². The van der Waals surface area contributed by atoms with Gasteiger partial charge in [0.15, 0.2) is 0 Å². The maximum atomic E-state index is 9.01. The summed E-state index contributed by atoms with van der Waals surface area (Å²) in [6, 6.07) is 17.8. The summed E-state index contributed by atoms with van der Waals surface area (Å²) in [5, 5.41) is 9.01. The van der Waals surface area contributed by atoms with Crippen molar-refractivity contribution >= 4 is 17.1 Å². The lowest BCUT2D eigenvalue weighted by molar-refractivity contribution is 0.755. The number of nitrogens with two attached hydrogens (primary N) is 3. The molecule has 0 fully saturated rings. The second-order valence-corrected chi connectivity index (χ2v) is 12.2. The molecule has 4 nitrogen and oxygen atoms in total. The minimum Gasteiger partial charge on any atom is -0.398 e. The van der Waals surface area contributed by atoms with E-state index >= 15 is 0 Å². The Morgan fingerprint density at radius 2 is 1.05 bits per heavy atom. The molecule has 3 aromatic rings. The number of unbranched alkanes of at least 4 members (excludes halogenated alkanes) is 5. The van der Waals surface area contributed by atoms with E-state index < -0.39 is 0 Å². The van der Waals surface area contributed by atoms with Gasteiger partial charge in [0.1, 0.15) is 0 Å². The molecule has 232 valence electrons. The van der Waals surface area contributed by atoms with E-state index in [0.717, 1.165) is 129 Å². The number of rotatable bonds is 18. The number of hydrogen-bond donors (Lipinski definition) is 3. The number of nitriles is 1. The van der Waals surface area contributed by atoms with Gasteiger partial charge in [-0.3, -0.25) is 0 Å². The van der Waals surface area contributed by atoms with Gasteiger partial charge in [0.05, 0.1) is 6.07 Å². The van der Waals surface area contributed by atoms with E-state index in [1.807, 2.05) is 0 Å². The summed E-state index contributed by atoms with van der Waals surface area (Å²) in [6.45, 7) is 8.97. The third-order valence-corrected chi connectivity index (χ3v) is 8.97. The van der Waals surface area contributed by atoms with Crippen molar-refractivity contribution in [3.05, 3.63) is 87.0 Å². The molecule has 0 heterocycles. The fraction of sp³-hybridized carbons (Fsp3) is 0.513. The number of nitrogens with zero attached hydrogens (tertiary/aromatic N) is 1. The molecule has 0 saturated carbocycles. The maximum Gasteiger partial charge on any atom is 0.0621 e. The molecule has 0 aliphatic carbocycles. The summed E-state index contributed by atoms with van der Waals surface area (Å²) < 4.78 is 0. The van der Waals surface area contributed by atoms with Crippen LogP contribution in [-0.2, 0) is 32.1 Å². The van der Waals surface area contributed by atoms with Crippen molar-refractivity contribution in [3.8, 4) is 6.07 Å². The van der Waals surface area contributed by atoms with Gasteiger partial charge >= 0.3 is 0 Å². The van der Waals surface area contributed by atoms with Gasteiger partial charge in [-0.15, -0.1) is 0 Å².